The predicted molar refractivity (Wildman–Crippen MR) is 137 cm³/mol. The van der Waals surface area contributed by atoms with Gasteiger partial charge in [-0.1, -0.05) is 5.10 Å². The van der Waals surface area contributed by atoms with E-state index in [4.69, 9.17) is 9.47 Å². The van der Waals surface area contributed by atoms with Crippen LogP contribution in [0.4, 0.5) is 42.8 Å². The first-order chi connectivity index (χ1) is 19.6. The number of alkyl halides is 6. The maximum absolute atomic E-state index is 13.6. The van der Waals surface area contributed by atoms with Crippen molar-refractivity contribution in [3.63, 3.8) is 0 Å². The van der Waals surface area contributed by atoms with Gasteiger partial charge in [0.2, 0.25) is 0 Å². The second-order valence-electron chi connectivity index (χ2n) is 11.2. The molecule has 5 rings (SSSR count). The number of ether oxygens (including phenoxy) is 2. The Morgan fingerprint density at radius 2 is 1.67 bits per heavy atom. The Morgan fingerprint density at radius 1 is 1.02 bits per heavy atom. The number of halogens is 6. The van der Waals surface area contributed by atoms with Gasteiger partial charge in [-0.15, -0.1) is 5.10 Å². The third-order valence-electron chi connectivity index (χ3n) is 6.95. The van der Waals surface area contributed by atoms with E-state index in [0.717, 1.165) is 11.1 Å². The minimum atomic E-state index is -5.00. The summed E-state index contributed by atoms with van der Waals surface area (Å²) in [7, 11) is 0. The zero-order valence-electron chi connectivity index (χ0n) is 22.9. The highest BCUT2D eigenvalue weighted by molar-refractivity contribution is 5.90. The van der Waals surface area contributed by atoms with Gasteiger partial charge in [-0.2, -0.15) is 31.6 Å². The number of fused-ring (bicyclic) bond motifs is 2. The number of H-pyrrole nitrogens is 1. The van der Waals surface area contributed by atoms with Crippen LogP contribution in [0, 0.1) is 0 Å². The zero-order chi connectivity index (χ0) is 30.4. The number of nitrogens with zero attached hydrogens (tertiary/aromatic N) is 5. The molecule has 0 fully saturated rings. The number of rotatable bonds is 4. The van der Waals surface area contributed by atoms with Crippen LogP contribution in [0.25, 0.3) is 0 Å². The monoisotopic (exact) mass is 598 g/mol. The van der Waals surface area contributed by atoms with Crippen LogP contribution >= 0.6 is 0 Å². The van der Waals surface area contributed by atoms with Crippen molar-refractivity contribution < 1.29 is 40.6 Å². The summed E-state index contributed by atoms with van der Waals surface area (Å²) in [5.41, 5.74) is -1.04. The van der Waals surface area contributed by atoms with Crippen molar-refractivity contribution in [1.82, 2.24) is 20.6 Å². The van der Waals surface area contributed by atoms with Crippen LogP contribution in [0.2, 0.25) is 0 Å². The Morgan fingerprint density at radius 3 is 2.24 bits per heavy atom. The lowest BCUT2D eigenvalue weighted by molar-refractivity contribution is -0.143. The van der Waals surface area contributed by atoms with E-state index >= 15 is 0 Å². The van der Waals surface area contributed by atoms with E-state index in [1.165, 1.54) is 9.80 Å². The smallest absolute Gasteiger partial charge is 0.416 e. The van der Waals surface area contributed by atoms with E-state index in [-0.39, 0.29) is 24.1 Å². The molecule has 2 aliphatic rings. The third kappa shape index (κ3) is 6.30. The summed E-state index contributed by atoms with van der Waals surface area (Å²) < 4.78 is 93.0. The minimum absolute atomic E-state index is 0.0283. The molecular formula is C27H28F6N6O3. The summed E-state index contributed by atoms with van der Waals surface area (Å²) in [6.07, 6.45) is -9.79. The quantitative estimate of drug-likeness (QED) is 0.340. The molecule has 0 saturated carbocycles. The fourth-order valence-electron chi connectivity index (χ4n) is 5.19. The third-order valence-corrected chi connectivity index (χ3v) is 6.95. The SMILES string of the molecule is CC(C)(C)OC(=O)N1CCCC(N(Cc2cc(C(F)(F)F)cc(C(F)(F)F)c2)c2nn[nH]n2)c2cc3c(cc21)COC3. The van der Waals surface area contributed by atoms with Crippen LogP contribution in [-0.2, 0) is 41.6 Å². The summed E-state index contributed by atoms with van der Waals surface area (Å²) in [4.78, 5) is 16.3. The van der Waals surface area contributed by atoms with Crippen molar-refractivity contribution in [3.8, 4) is 0 Å². The van der Waals surface area contributed by atoms with Crippen LogP contribution in [0.3, 0.4) is 0 Å². The Labute approximate surface area is 236 Å². The molecule has 2 aliphatic heterocycles. The zero-order valence-corrected chi connectivity index (χ0v) is 22.9. The van der Waals surface area contributed by atoms with E-state index in [0.29, 0.717) is 49.4 Å². The molecule has 0 bridgehead atoms. The number of anilines is 2. The van der Waals surface area contributed by atoms with E-state index in [9.17, 15) is 31.1 Å². The molecule has 0 radical (unpaired) electrons. The van der Waals surface area contributed by atoms with Crippen LogP contribution in [0.5, 0.6) is 0 Å². The number of aromatic nitrogens is 4. The van der Waals surface area contributed by atoms with Crippen LogP contribution in [-0.4, -0.2) is 38.9 Å². The summed E-state index contributed by atoms with van der Waals surface area (Å²) in [6, 6.07) is 4.48. The van der Waals surface area contributed by atoms with Gasteiger partial charge in [-0.3, -0.25) is 4.90 Å². The van der Waals surface area contributed by atoms with Crippen molar-refractivity contribution in [2.45, 2.75) is 77.4 Å². The molecule has 0 saturated heterocycles. The topological polar surface area (TPSA) is 96.5 Å². The molecule has 15 heteroatoms. The lowest BCUT2D eigenvalue weighted by Gasteiger charge is -2.33. The highest BCUT2D eigenvalue weighted by Gasteiger charge is 2.39. The van der Waals surface area contributed by atoms with Gasteiger partial charge in [0.1, 0.15) is 5.60 Å². The molecule has 1 unspecified atom stereocenters. The summed E-state index contributed by atoms with van der Waals surface area (Å²) in [5.74, 6) is -0.0283. The molecule has 3 aromatic rings. The first-order valence-electron chi connectivity index (χ1n) is 13.1. The molecule has 1 amide bonds. The van der Waals surface area contributed by atoms with Crippen LogP contribution in [0.15, 0.2) is 30.3 Å². The summed E-state index contributed by atoms with van der Waals surface area (Å²) in [5, 5.41) is 13.9. The molecule has 1 atom stereocenters. The van der Waals surface area contributed by atoms with Gasteiger partial charge in [0.25, 0.3) is 5.95 Å². The molecular weight excluding hydrogens is 570 g/mol. The average molecular weight is 599 g/mol. The minimum Gasteiger partial charge on any atom is -0.443 e. The number of carbonyl (C=O) groups excluding carboxylic acids is 1. The van der Waals surface area contributed by atoms with E-state index < -0.39 is 47.8 Å². The molecule has 226 valence electrons. The Bertz CT molecular complexity index is 1420. The molecule has 9 nitrogen and oxygen atoms in total. The molecule has 1 aromatic heterocycles. The number of nitrogens with one attached hydrogen (secondary N) is 1. The fraction of sp³-hybridized carbons (Fsp3) is 0.481. The second kappa shape index (κ2) is 10.7. The van der Waals surface area contributed by atoms with Gasteiger partial charge < -0.3 is 14.4 Å². The highest BCUT2D eigenvalue weighted by atomic mass is 19.4. The Balaban J connectivity index is 1.62. The lowest BCUT2D eigenvalue weighted by Crippen LogP contribution is -2.37. The molecule has 42 heavy (non-hydrogen) atoms. The van der Waals surface area contributed by atoms with Gasteiger partial charge >= 0.3 is 18.4 Å². The molecule has 0 spiro atoms. The van der Waals surface area contributed by atoms with Crippen molar-refractivity contribution in [3.05, 3.63) is 63.7 Å². The number of hydrogen-bond acceptors (Lipinski definition) is 7. The molecule has 1 N–H and O–H groups in total. The fourth-order valence-corrected chi connectivity index (χ4v) is 5.19. The number of tetrazole rings is 1. The predicted octanol–water partition coefficient (Wildman–Crippen LogP) is 6.55. The van der Waals surface area contributed by atoms with Gasteiger partial charge in [0, 0.05) is 13.1 Å². The maximum atomic E-state index is 13.6. The Kier molecular flexibility index (Phi) is 7.58. The molecule has 3 heterocycles. The normalized spacial score (nSPS) is 17.5. The average Bonchev–Trinajstić information content (AvgIpc) is 3.53. The lowest BCUT2D eigenvalue weighted by atomic mass is 9.95. The van der Waals surface area contributed by atoms with E-state index in [1.54, 1.807) is 20.8 Å². The molecule has 2 aromatic carbocycles. The molecule has 0 aliphatic carbocycles. The van der Waals surface area contributed by atoms with Gasteiger partial charge in [0.15, 0.2) is 0 Å². The number of hydrogen-bond donors (Lipinski definition) is 1. The highest BCUT2D eigenvalue weighted by Crippen LogP contribution is 2.43. The van der Waals surface area contributed by atoms with Gasteiger partial charge in [-0.05, 0) is 91.4 Å². The van der Waals surface area contributed by atoms with Gasteiger partial charge in [0.05, 0.1) is 36.1 Å². The van der Waals surface area contributed by atoms with E-state index in [1.807, 2.05) is 12.1 Å². The van der Waals surface area contributed by atoms with Crippen molar-refractivity contribution >= 4 is 17.7 Å². The first-order valence-corrected chi connectivity index (χ1v) is 13.1. The first kappa shape index (κ1) is 29.6. The van der Waals surface area contributed by atoms with Crippen molar-refractivity contribution in [2.24, 2.45) is 0 Å². The van der Waals surface area contributed by atoms with Crippen LogP contribution in [0.1, 0.15) is 73.0 Å². The van der Waals surface area contributed by atoms with E-state index in [2.05, 4.69) is 20.6 Å². The largest absolute Gasteiger partial charge is 0.443 e. The van der Waals surface area contributed by atoms with Crippen molar-refractivity contribution in [1.29, 1.82) is 0 Å². The van der Waals surface area contributed by atoms with Crippen LogP contribution < -0.4 is 9.80 Å². The summed E-state index contributed by atoms with van der Waals surface area (Å²) in [6.45, 7) is 5.72. The number of benzene rings is 2. The summed E-state index contributed by atoms with van der Waals surface area (Å²) >= 11 is 0. The second-order valence-corrected chi connectivity index (χ2v) is 11.2. The Hall–Kier alpha value is -3.88. The van der Waals surface area contributed by atoms with Gasteiger partial charge in [-0.25, -0.2) is 4.79 Å². The van der Waals surface area contributed by atoms with Crippen molar-refractivity contribution in [2.75, 3.05) is 16.3 Å². The number of amides is 1. The standard InChI is InChI=1S/C27H28F6N6O3/c1-25(2,3)42-24(40)38-6-4-5-21(20-9-16-13-41-14-17(16)10-22(20)38)39(23-34-36-37-35-23)12-15-7-18(26(28,29)30)11-19(8-15)27(31,32)33/h7-11,21H,4-6,12-14H2,1-3H3,(H,34,35,36,37). The number of carbonyl (C=O) groups is 1. The maximum Gasteiger partial charge on any atom is 0.416 e. The number of aromatic amines is 1.